The summed E-state index contributed by atoms with van der Waals surface area (Å²) in [6.45, 7) is 3.48. The van der Waals surface area contributed by atoms with Crippen LogP contribution in [-0.4, -0.2) is 25.3 Å². The van der Waals surface area contributed by atoms with E-state index in [-0.39, 0.29) is 0 Å². The van der Waals surface area contributed by atoms with Crippen molar-refractivity contribution >= 4 is 12.0 Å². The number of carbonyl (C=O) groups is 1. The van der Waals surface area contributed by atoms with Gasteiger partial charge in [-0.3, -0.25) is 4.79 Å². The molecule has 0 amide bonds. The maximum absolute atomic E-state index is 11.8. The lowest BCUT2D eigenvalue weighted by Crippen LogP contribution is -2.38. The minimum atomic E-state index is -1.34. The van der Waals surface area contributed by atoms with Gasteiger partial charge < -0.3 is 14.6 Å². The van der Waals surface area contributed by atoms with Gasteiger partial charge in [-0.25, -0.2) is 0 Å². The van der Waals surface area contributed by atoms with E-state index in [9.17, 15) is 9.90 Å². The highest BCUT2D eigenvalue weighted by atomic mass is 16.5. The van der Waals surface area contributed by atoms with Gasteiger partial charge in [-0.2, -0.15) is 0 Å². The summed E-state index contributed by atoms with van der Waals surface area (Å²) in [6, 6.07) is 5.47. The Balaban J connectivity index is 2.54. The number of ether oxygens (including phenoxy) is 2. The predicted molar refractivity (Wildman–Crippen MR) is 71.7 cm³/mol. The van der Waals surface area contributed by atoms with Crippen LogP contribution in [0.15, 0.2) is 23.8 Å². The van der Waals surface area contributed by atoms with E-state index < -0.39 is 17.5 Å². The number of fused-ring (bicyclic) bond motifs is 1. The van der Waals surface area contributed by atoms with Crippen LogP contribution in [0.3, 0.4) is 0 Å². The Bertz CT molecular complexity index is 547. The van der Waals surface area contributed by atoms with Gasteiger partial charge in [0.2, 0.25) is 0 Å². The number of rotatable bonds is 3. The lowest BCUT2D eigenvalue weighted by atomic mass is 9.80. The van der Waals surface area contributed by atoms with E-state index >= 15 is 0 Å². The second kappa shape index (κ2) is 4.70. The zero-order valence-electron chi connectivity index (χ0n) is 11.6. The van der Waals surface area contributed by atoms with Crippen molar-refractivity contribution in [1.82, 2.24) is 0 Å². The van der Waals surface area contributed by atoms with Crippen LogP contribution in [0.2, 0.25) is 0 Å². The molecule has 4 heteroatoms. The van der Waals surface area contributed by atoms with E-state index in [0.29, 0.717) is 11.3 Å². The smallest absolute Gasteiger partial charge is 0.312 e. The van der Waals surface area contributed by atoms with Crippen LogP contribution < -0.4 is 4.74 Å². The van der Waals surface area contributed by atoms with Crippen LogP contribution in [0.1, 0.15) is 25.0 Å². The van der Waals surface area contributed by atoms with Gasteiger partial charge in [0.05, 0.1) is 20.1 Å². The monoisotopic (exact) mass is 262 g/mol. The van der Waals surface area contributed by atoms with E-state index in [1.165, 1.54) is 7.11 Å². The van der Waals surface area contributed by atoms with E-state index in [2.05, 4.69) is 0 Å². The first-order valence-corrected chi connectivity index (χ1v) is 6.12. The number of methoxy groups -OCH3 is 2. The van der Waals surface area contributed by atoms with Gasteiger partial charge in [0.15, 0.2) is 0 Å². The van der Waals surface area contributed by atoms with Crippen LogP contribution in [0.5, 0.6) is 5.75 Å². The first kappa shape index (κ1) is 13.6. The fraction of sp³-hybridized carbons (Fsp3) is 0.400. The summed E-state index contributed by atoms with van der Waals surface area (Å²) in [4.78, 5) is 11.8. The Hall–Kier alpha value is -1.81. The zero-order valence-corrected chi connectivity index (χ0v) is 11.6. The molecule has 2 unspecified atom stereocenters. The first-order valence-electron chi connectivity index (χ1n) is 6.12. The molecular formula is C15H18O4. The summed E-state index contributed by atoms with van der Waals surface area (Å²) in [7, 11) is 2.89. The first-order chi connectivity index (χ1) is 8.94. The molecule has 0 radical (unpaired) electrons. The van der Waals surface area contributed by atoms with Crippen LogP contribution in [0.25, 0.3) is 6.08 Å². The maximum Gasteiger partial charge on any atom is 0.312 e. The fourth-order valence-corrected chi connectivity index (χ4v) is 2.60. The van der Waals surface area contributed by atoms with Gasteiger partial charge in [0.25, 0.3) is 0 Å². The second-order valence-corrected chi connectivity index (χ2v) is 4.79. The average Bonchev–Trinajstić information content (AvgIpc) is 2.69. The molecule has 102 valence electrons. The number of benzene rings is 1. The molecule has 0 fully saturated rings. The molecule has 0 saturated carbocycles. The van der Waals surface area contributed by atoms with Gasteiger partial charge in [0.1, 0.15) is 11.4 Å². The topological polar surface area (TPSA) is 55.8 Å². The standard InChI is InChI=1S/C15H18O4/c1-9-7-11-5-6-12(18-3)8-13(11)15(9,17)10(2)14(16)19-4/h5-8,10,17H,1-4H3. The van der Waals surface area contributed by atoms with Crippen LogP contribution in [-0.2, 0) is 15.1 Å². The Labute approximate surface area is 112 Å². The summed E-state index contributed by atoms with van der Waals surface area (Å²) in [6.07, 6.45) is 1.88. The minimum absolute atomic E-state index is 0.439. The van der Waals surface area contributed by atoms with E-state index in [1.807, 2.05) is 25.1 Å². The molecule has 0 bridgehead atoms. The van der Waals surface area contributed by atoms with Crippen molar-refractivity contribution in [3.63, 3.8) is 0 Å². The maximum atomic E-state index is 11.8. The van der Waals surface area contributed by atoms with Gasteiger partial charge in [-0.05, 0) is 42.7 Å². The zero-order chi connectivity index (χ0) is 14.2. The Morgan fingerprint density at radius 1 is 1.37 bits per heavy atom. The van der Waals surface area contributed by atoms with Crippen molar-refractivity contribution in [2.75, 3.05) is 14.2 Å². The van der Waals surface area contributed by atoms with Crippen LogP contribution >= 0.6 is 0 Å². The summed E-state index contributed by atoms with van der Waals surface area (Å²) < 4.78 is 9.94. The van der Waals surface area contributed by atoms with Gasteiger partial charge in [-0.1, -0.05) is 12.1 Å². The van der Waals surface area contributed by atoms with E-state index in [0.717, 1.165) is 11.1 Å². The highest BCUT2D eigenvalue weighted by Crippen LogP contribution is 2.46. The number of hydrogen-bond donors (Lipinski definition) is 1. The molecule has 1 aliphatic rings. The molecule has 0 saturated heterocycles. The van der Waals surface area contributed by atoms with E-state index in [4.69, 9.17) is 9.47 Å². The third-order valence-corrected chi connectivity index (χ3v) is 3.83. The normalized spacial score (nSPS) is 22.5. The summed E-state index contributed by atoms with van der Waals surface area (Å²) in [5.41, 5.74) is 0.976. The number of carbonyl (C=O) groups excluding carboxylic acids is 1. The summed E-state index contributed by atoms with van der Waals surface area (Å²) in [5, 5.41) is 11.0. The van der Waals surface area contributed by atoms with Crippen molar-refractivity contribution in [3.8, 4) is 5.75 Å². The SMILES string of the molecule is COC(=O)C(C)C1(O)C(C)=Cc2ccc(OC)cc21. The Kier molecular flexibility index (Phi) is 3.37. The van der Waals surface area contributed by atoms with Crippen molar-refractivity contribution < 1.29 is 19.4 Å². The van der Waals surface area contributed by atoms with Crippen molar-refractivity contribution in [2.24, 2.45) is 5.92 Å². The molecule has 2 atom stereocenters. The molecule has 0 spiro atoms. The average molecular weight is 262 g/mol. The third-order valence-electron chi connectivity index (χ3n) is 3.83. The van der Waals surface area contributed by atoms with Crippen molar-refractivity contribution in [2.45, 2.75) is 19.4 Å². The van der Waals surface area contributed by atoms with Crippen molar-refractivity contribution in [1.29, 1.82) is 0 Å². The van der Waals surface area contributed by atoms with Crippen LogP contribution in [0.4, 0.5) is 0 Å². The Morgan fingerprint density at radius 2 is 2.05 bits per heavy atom. The van der Waals surface area contributed by atoms with Gasteiger partial charge in [0, 0.05) is 0 Å². The molecule has 2 rings (SSSR count). The molecule has 0 aliphatic heterocycles. The largest absolute Gasteiger partial charge is 0.497 e. The predicted octanol–water partition coefficient (Wildman–Crippen LogP) is 2.11. The Morgan fingerprint density at radius 3 is 2.63 bits per heavy atom. The molecule has 1 aromatic carbocycles. The fourth-order valence-electron chi connectivity index (χ4n) is 2.60. The molecule has 0 aromatic heterocycles. The molecular weight excluding hydrogens is 244 g/mol. The second-order valence-electron chi connectivity index (χ2n) is 4.79. The summed E-state index contributed by atoms with van der Waals surface area (Å²) in [5.74, 6) is -0.467. The highest BCUT2D eigenvalue weighted by Gasteiger charge is 2.46. The molecule has 4 nitrogen and oxygen atoms in total. The number of hydrogen-bond acceptors (Lipinski definition) is 4. The van der Waals surface area contributed by atoms with Gasteiger partial charge in [-0.15, -0.1) is 0 Å². The lowest BCUT2D eigenvalue weighted by Gasteiger charge is -2.31. The molecule has 19 heavy (non-hydrogen) atoms. The molecule has 1 aliphatic carbocycles. The third kappa shape index (κ3) is 1.92. The minimum Gasteiger partial charge on any atom is -0.497 e. The van der Waals surface area contributed by atoms with E-state index in [1.54, 1.807) is 20.1 Å². The molecule has 1 N–H and O–H groups in total. The van der Waals surface area contributed by atoms with Crippen LogP contribution in [0, 0.1) is 5.92 Å². The van der Waals surface area contributed by atoms with Gasteiger partial charge >= 0.3 is 5.97 Å². The highest BCUT2D eigenvalue weighted by molar-refractivity contribution is 5.79. The number of aliphatic hydroxyl groups is 1. The molecule has 0 heterocycles. The molecule has 1 aromatic rings. The lowest BCUT2D eigenvalue weighted by molar-refractivity contribution is -0.152. The number of esters is 1. The summed E-state index contributed by atoms with van der Waals surface area (Å²) >= 11 is 0. The quantitative estimate of drug-likeness (QED) is 0.848. The van der Waals surface area contributed by atoms with Crippen molar-refractivity contribution in [3.05, 3.63) is 34.9 Å².